The van der Waals surface area contributed by atoms with Crippen LogP contribution < -0.4 is 5.32 Å². The topological polar surface area (TPSA) is 41.6 Å². The van der Waals surface area contributed by atoms with Gasteiger partial charge in [0.15, 0.2) is 0 Å². The fourth-order valence-electron chi connectivity index (χ4n) is 3.67. The molecule has 1 heterocycles. The van der Waals surface area contributed by atoms with Crippen LogP contribution >= 0.6 is 0 Å². The number of rotatable bonds is 3. The Hall–Kier alpha value is -1.76. The number of carbonyl (C=O) groups excluding carboxylic acids is 1. The number of alkyl halides is 3. The molecule has 3 atom stereocenters. The van der Waals surface area contributed by atoms with Gasteiger partial charge in [-0.05, 0) is 63.3 Å². The van der Waals surface area contributed by atoms with E-state index in [-0.39, 0.29) is 12.1 Å². The first-order chi connectivity index (χ1) is 12.0. The summed E-state index contributed by atoms with van der Waals surface area (Å²) >= 11 is 0. The quantitative estimate of drug-likeness (QED) is 0.873. The van der Waals surface area contributed by atoms with Crippen LogP contribution in [0.15, 0.2) is 24.3 Å². The summed E-state index contributed by atoms with van der Waals surface area (Å²) in [5, 5.41) is 2.95. The average Bonchev–Trinajstić information content (AvgIpc) is 3.17. The Kier molecular flexibility index (Phi) is 4.94. The van der Waals surface area contributed by atoms with Crippen LogP contribution in [-0.4, -0.2) is 35.7 Å². The molecule has 1 aliphatic heterocycles. The molecule has 26 heavy (non-hydrogen) atoms. The van der Waals surface area contributed by atoms with Crippen LogP contribution in [0.3, 0.4) is 0 Å². The van der Waals surface area contributed by atoms with Gasteiger partial charge in [0.2, 0.25) is 0 Å². The highest BCUT2D eigenvalue weighted by molar-refractivity contribution is 5.68. The molecule has 2 fully saturated rings. The maximum absolute atomic E-state index is 12.6. The summed E-state index contributed by atoms with van der Waals surface area (Å²) < 4.78 is 43.2. The van der Waals surface area contributed by atoms with Gasteiger partial charge in [-0.2, -0.15) is 13.2 Å². The second kappa shape index (κ2) is 6.76. The number of halogens is 3. The molecule has 1 aromatic rings. The maximum Gasteiger partial charge on any atom is 0.416 e. The molecule has 0 aromatic heterocycles. The molecule has 1 aromatic carbocycles. The largest absolute Gasteiger partial charge is 0.444 e. The molecule has 4 nitrogen and oxygen atoms in total. The Morgan fingerprint density at radius 2 is 1.85 bits per heavy atom. The Morgan fingerprint density at radius 3 is 2.42 bits per heavy atom. The van der Waals surface area contributed by atoms with Crippen LogP contribution in [0.5, 0.6) is 0 Å². The number of nitrogens with zero attached hydrogens (tertiary/aromatic N) is 1. The van der Waals surface area contributed by atoms with Crippen molar-refractivity contribution in [3.63, 3.8) is 0 Å². The van der Waals surface area contributed by atoms with Crippen LogP contribution in [0, 0.1) is 11.8 Å². The van der Waals surface area contributed by atoms with Crippen molar-refractivity contribution >= 4 is 6.09 Å². The number of fused-ring (bicyclic) bond motifs is 1. The van der Waals surface area contributed by atoms with Crippen molar-refractivity contribution in [2.75, 3.05) is 13.1 Å². The molecule has 0 radical (unpaired) electrons. The lowest BCUT2D eigenvalue weighted by atomic mass is 10.1. The van der Waals surface area contributed by atoms with Crippen molar-refractivity contribution in [3.05, 3.63) is 35.4 Å². The molecule has 144 valence electrons. The van der Waals surface area contributed by atoms with Crippen molar-refractivity contribution in [1.29, 1.82) is 0 Å². The van der Waals surface area contributed by atoms with Crippen molar-refractivity contribution in [3.8, 4) is 0 Å². The summed E-state index contributed by atoms with van der Waals surface area (Å²) in [4.78, 5) is 14.1. The number of hydrogen-bond donors (Lipinski definition) is 1. The Labute approximate surface area is 151 Å². The molecule has 7 heteroatoms. The van der Waals surface area contributed by atoms with Crippen molar-refractivity contribution in [2.24, 2.45) is 11.8 Å². The molecule has 1 saturated carbocycles. The fourth-order valence-corrected chi connectivity index (χ4v) is 3.67. The monoisotopic (exact) mass is 370 g/mol. The van der Waals surface area contributed by atoms with E-state index in [0.717, 1.165) is 37.2 Å². The van der Waals surface area contributed by atoms with E-state index < -0.39 is 17.3 Å². The van der Waals surface area contributed by atoms with Crippen molar-refractivity contribution in [1.82, 2.24) is 10.2 Å². The zero-order valence-corrected chi connectivity index (χ0v) is 15.3. The van der Waals surface area contributed by atoms with E-state index in [1.807, 2.05) is 20.8 Å². The van der Waals surface area contributed by atoms with Gasteiger partial charge in [0, 0.05) is 19.1 Å². The summed E-state index contributed by atoms with van der Waals surface area (Å²) in [6.45, 7) is 7.84. The summed E-state index contributed by atoms with van der Waals surface area (Å²) in [5.41, 5.74) is -0.267. The Morgan fingerprint density at radius 1 is 1.19 bits per heavy atom. The number of carbonyl (C=O) groups is 1. The van der Waals surface area contributed by atoms with Gasteiger partial charge in [-0.3, -0.25) is 4.90 Å². The van der Waals surface area contributed by atoms with Crippen LogP contribution in [0.4, 0.5) is 18.0 Å². The van der Waals surface area contributed by atoms with E-state index in [2.05, 4.69) is 10.2 Å². The first-order valence-electron chi connectivity index (χ1n) is 8.91. The van der Waals surface area contributed by atoms with Crippen LogP contribution in [0.2, 0.25) is 0 Å². The number of amides is 1. The van der Waals surface area contributed by atoms with E-state index in [0.29, 0.717) is 18.4 Å². The van der Waals surface area contributed by atoms with Gasteiger partial charge < -0.3 is 10.1 Å². The van der Waals surface area contributed by atoms with E-state index in [1.54, 1.807) is 0 Å². The summed E-state index contributed by atoms with van der Waals surface area (Å²) in [6.07, 6.45) is -3.71. The number of alkyl carbamates (subject to hydrolysis) is 1. The van der Waals surface area contributed by atoms with E-state index >= 15 is 0 Å². The van der Waals surface area contributed by atoms with E-state index in [1.165, 1.54) is 12.1 Å². The predicted molar refractivity (Wildman–Crippen MR) is 91.5 cm³/mol. The fraction of sp³-hybridized carbons (Fsp3) is 0.632. The number of ether oxygens (including phenoxy) is 1. The third kappa shape index (κ3) is 4.69. The third-order valence-electron chi connectivity index (χ3n) is 4.95. The molecular weight excluding hydrogens is 345 g/mol. The van der Waals surface area contributed by atoms with Crippen LogP contribution in [0.25, 0.3) is 0 Å². The highest BCUT2D eigenvalue weighted by atomic mass is 19.4. The third-order valence-corrected chi connectivity index (χ3v) is 4.95. The van der Waals surface area contributed by atoms with Gasteiger partial charge >= 0.3 is 12.3 Å². The maximum atomic E-state index is 12.6. The molecule has 1 aliphatic carbocycles. The lowest BCUT2D eigenvalue weighted by Crippen LogP contribution is -2.35. The SMILES string of the molecule is CC(C)(C)OC(=O)N[C@H]1[C@@H]2CCN(Cc3ccc(C(F)(F)F)cc3)C[C@@H]21. The molecule has 0 unspecified atom stereocenters. The number of hydrogen-bond acceptors (Lipinski definition) is 3. The summed E-state index contributed by atoms with van der Waals surface area (Å²) in [6, 6.07) is 5.48. The highest BCUT2D eigenvalue weighted by Gasteiger charge is 2.53. The molecule has 3 rings (SSSR count). The van der Waals surface area contributed by atoms with E-state index in [9.17, 15) is 18.0 Å². The minimum absolute atomic E-state index is 0.141. The number of likely N-dealkylation sites (tertiary alicyclic amines) is 1. The lowest BCUT2D eigenvalue weighted by Gasteiger charge is -2.25. The molecule has 0 bridgehead atoms. The molecular formula is C19H25F3N2O2. The van der Waals surface area contributed by atoms with Crippen LogP contribution in [-0.2, 0) is 17.5 Å². The minimum Gasteiger partial charge on any atom is -0.444 e. The van der Waals surface area contributed by atoms with Gasteiger partial charge in [-0.25, -0.2) is 4.79 Å². The van der Waals surface area contributed by atoms with Crippen molar-refractivity contribution in [2.45, 2.75) is 51.6 Å². The zero-order valence-electron chi connectivity index (χ0n) is 15.3. The smallest absolute Gasteiger partial charge is 0.416 e. The number of benzene rings is 1. The number of nitrogens with one attached hydrogen (secondary N) is 1. The predicted octanol–water partition coefficient (Wildman–Crippen LogP) is 4.05. The Bertz CT molecular complexity index is 652. The Balaban J connectivity index is 1.49. The first kappa shape index (κ1) is 19.0. The summed E-state index contributed by atoms with van der Waals surface area (Å²) in [7, 11) is 0. The molecule has 2 aliphatic rings. The van der Waals surface area contributed by atoms with Gasteiger partial charge in [0.05, 0.1) is 5.56 Å². The lowest BCUT2D eigenvalue weighted by molar-refractivity contribution is -0.137. The van der Waals surface area contributed by atoms with Crippen LogP contribution in [0.1, 0.15) is 38.3 Å². The molecule has 1 N–H and O–H groups in total. The second-order valence-corrected chi connectivity index (χ2v) is 8.22. The molecule has 1 amide bonds. The minimum atomic E-state index is -4.30. The van der Waals surface area contributed by atoms with Gasteiger partial charge in [-0.15, -0.1) is 0 Å². The average molecular weight is 370 g/mol. The molecule has 0 spiro atoms. The van der Waals surface area contributed by atoms with Gasteiger partial charge in [0.25, 0.3) is 0 Å². The van der Waals surface area contributed by atoms with E-state index in [4.69, 9.17) is 4.74 Å². The first-order valence-corrected chi connectivity index (χ1v) is 8.91. The second-order valence-electron chi connectivity index (χ2n) is 8.22. The van der Waals surface area contributed by atoms with Crippen molar-refractivity contribution < 1.29 is 22.7 Å². The standard InChI is InChI=1S/C19H25F3N2O2/c1-18(2,3)26-17(25)23-16-14-8-9-24(11-15(14)16)10-12-4-6-13(7-5-12)19(20,21)22/h4-7,14-16H,8-11H2,1-3H3,(H,23,25)/t14-,15+,16+/m1/s1. The number of piperidine rings is 1. The van der Waals surface area contributed by atoms with Gasteiger partial charge in [-0.1, -0.05) is 12.1 Å². The highest BCUT2D eigenvalue weighted by Crippen LogP contribution is 2.45. The normalized spacial score (nSPS) is 26.2. The van der Waals surface area contributed by atoms with Gasteiger partial charge in [0.1, 0.15) is 5.60 Å². The zero-order chi connectivity index (χ0) is 19.1. The molecule has 1 saturated heterocycles. The summed E-state index contributed by atoms with van der Waals surface area (Å²) in [5.74, 6) is 0.872.